The van der Waals surface area contributed by atoms with Crippen LogP contribution in [0.15, 0.2) is 0 Å². The first-order valence-electron chi connectivity index (χ1n) is 7.34. The summed E-state index contributed by atoms with van der Waals surface area (Å²) in [6.07, 6.45) is 2.56. The van der Waals surface area contributed by atoms with Crippen molar-refractivity contribution in [1.82, 2.24) is 9.80 Å². The molecule has 2 atom stereocenters. The van der Waals surface area contributed by atoms with Crippen molar-refractivity contribution in [2.45, 2.75) is 39.2 Å². The van der Waals surface area contributed by atoms with E-state index >= 15 is 0 Å². The van der Waals surface area contributed by atoms with E-state index in [-0.39, 0.29) is 11.8 Å². The molecule has 1 N–H and O–H groups in total. The van der Waals surface area contributed by atoms with Gasteiger partial charge in [-0.25, -0.2) is 0 Å². The molecule has 0 bridgehead atoms. The summed E-state index contributed by atoms with van der Waals surface area (Å²) < 4.78 is 0. The summed E-state index contributed by atoms with van der Waals surface area (Å²) in [5, 5.41) is 8.87. The molecule has 1 amide bonds. The fourth-order valence-corrected chi connectivity index (χ4v) is 3.17. The van der Waals surface area contributed by atoms with E-state index in [1.54, 1.807) is 0 Å². The Bertz CT molecular complexity index is 347. The minimum absolute atomic E-state index is 0.0606. The van der Waals surface area contributed by atoms with Gasteiger partial charge in [0.15, 0.2) is 0 Å². The third-order valence-electron chi connectivity index (χ3n) is 4.53. The topological polar surface area (TPSA) is 60.9 Å². The Morgan fingerprint density at radius 3 is 2.16 bits per heavy atom. The van der Waals surface area contributed by atoms with Crippen LogP contribution < -0.4 is 0 Å². The summed E-state index contributed by atoms with van der Waals surface area (Å²) in [6, 6.07) is 0.577. The first kappa shape index (κ1) is 14.3. The second-order valence-electron chi connectivity index (χ2n) is 5.56. The molecule has 0 aromatic rings. The van der Waals surface area contributed by atoms with Crippen molar-refractivity contribution >= 4 is 11.9 Å². The highest BCUT2D eigenvalue weighted by Crippen LogP contribution is 2.40. The molecule has 0 unspecified atom stereocenters. The molecule has 19 heavy (non-hydrogen) atoms. The van der Waals surface area contributed by atoms with Crippen molar-refractivity contribution < 1.29 is 14.7 Å². The Balaban J connectivity index is 1.80. The molecular weight excluding hydrogens is 244 g/mol. The Morgan fingerprint density at radius 1 is 1.16 bits per heavy atom. The van der Waals surface area contributed by atoms with Gasteiger partial charge >= 0.3 is 5.97 Å². The maximum absolute atomic E-state index is 12.1. The summed E-state index contributed by atoms with van der Waals surface area (Å²) in [5.41, 5.74) is 0. The lowest BCUT2D eigenvalue weighted by Crippen LogP contribution is -2.47. The number of likely N-dealkylation sites (tertiary alicyclic amines) is 1. The van der Waals surface area contributed by atoms with E-state index in [1.807, 2.05) is 4.90 Å². The summed E-state index contributed by atoms with van der Waals surface area (Å²) in [6.45, 7) is 8.01. The minimum Gasteiger partial charge on any atom is -0.481 e. The number of rotatable bonds is 5. The van der Waals surface area contributed by atoms with Crippen LogP contribution in [-0.4, -0.2) is 59.0 Å². The zero-order valence-corrected chi connectivity index (χ0v) is 11.8. The Kier molecular flexibility index (Phi) is 4.45. The number of hydrogen-bond acceptors (Lipinski definition) is 3. The molecule has 5 nitrogen and oxygen atoms in total. The van der Waals surface area contributed by atoms with E-state index in [1.165, 1.54) is 0 Å². The van der Waals surface area contributed by atoms with Crippen LogP contribution in [-0.2, 0) is 9.59 Å². The average Bonchev–Trinajstić information content (AvgIpc) is 3.20. The van der Waals surface area contributed by atoms with Crippen LogP contribution in [0, 0.1) is 11.8 Å². The molecule has 0 aromatic heterocycles. The first-order chi connectivity index (χ1) is 9.08. The number of carbonyl (C=O) groups is 2. The third-order valence-corrected chi connectivity index (χ3v) is 4.53. The van der Waals surface area contributed by atoms with Gasteiger partial charge in [0.25, 0.3) is 0 Å². The van der Waals surface area contributed by atoms with Gasteiger partial charge in [-0.15, -0.1) is 0 Å². The molecule has 1 saturated carbocycles. The zero-order valence-electron chi connectivity index (χ0n) is 11.8. The Morgan fingerprint density at radius 2 is 1.74 bits per heavy atom. The second-order valence-corrected chi connectivity index (χ2v) is 5.56. The molecule has 108 valence electrons. The van der Waals surface area contributed by atoms with E-state index < -0.39 is 11.9 Å². The largest absolute Gasteiger partial charge is 0.481 e. The van der Waals surface area contributed by atoms with Crippen molar-refractivity contribution in [3.63, 3.8) is 0 Å². The molecule has 1 saturated heterocycles. The first-order valence-corrected chi connectivity index (χ1v) is 7.34. The highest BCUT2D eigenvalue weighted by molar-refractivity contribution is 5.89. The zero-order chi connectivity index (χ0) is 14.0. The maximum Gasteiger partial charge on any atom is 0.307 e. The lowest BCUT2D eigenvalue weighted by atomic mass is 10.0. The molecular formula is C14H24N2O3. The van der Waals surface area contributed by atoms with Crippen LogP contribution in [0.3, 0.4) is 0 Å². The molecule has 0 radical (unpaired) electrons. The van der Waals surface area contributed by atoms with E-state index in [0.29, 0.717) is 12.5 Å². The van der Waals surface area contributed by atoms with E-state index in [4.69, 9.17) is 5.11 Å². The van der Waals surface area contributed by atoms with Gasteiger partial charge in [0.2, 0.25) is 5.91 Å². The summed E-state index contributed by atoms with van der Waals surface area (Å²) in [7, 11) is 0. The van der Waals surface area contributed by atoms with Crippen LogP contribution in [0.2, 0.25) is 0 Å². The van der Waals surface area contributed by atoms with Gasteiger partial charge in [-0.1, -0.05) is 13.8 Å². The summed E-state index contributed by atoms with van der Waals surface area (Å²) >= 11 is 0. The van der Waals surface area contributed by atoms with Crippen LogP contribution in [0.25, 0.3) is 0 Å². The number of carboxylic acids is 1. The van der Waals surface area contributed by atoms with Gasteiger partial charge in [0.1, 0.15) is 0 Å². The maximum atomic E-state index is 12.1. The van der Waals surface area contributed by atoms with Crippen LogP contribution in [0.1, 0.15) is 33.1 Å². The van der Waals surface area contributed by atoms with Gasteiger partial charge < -0.3 is 14.9 Å². The predicted molar refractivity (Wildman–Crippen MR) is 71.8 cm³/mol. The Hall–Kier alpha value is -1.10. The fourth-order valence-electron chi connectivity index (χ4n) is 3.17. The van der Waals surface area contributed by atoms with Gasteiger partial charge in [-0.3, -0.25) is 9.59 Å². The van der Waals surface area contributed by atoms with Gasteiger partial charge in [-0.2, -0.15) is 0 Å². The molecule has 1 aliphatic heterocycles. The molecule has 0 spiro atoms. The smallest absolute Gasteiger partial charge is 0.307 e. The van der Waals surface area contributed by atoms with Crippen molar-refractivity contribution in [3.05, 3.63) is 0 Å². The van der Waals surface area contributed by atoms with Crippen molar-refractivity contribution in [2.24, 2.45) is 11.8 Å². The lowest BCUT2D eigenvalue weighted by Gasteiger charge is -2.37. The van der Waals surface area contributed by atoms with Crippen LogP contribution in [0.4, 0.5) is 0 Å². The van der Waals surface area contributed by atoms with E-state index in [2.05, 4.69) is 18.7 Å². The number of piperidine rings is 1. The molecule has 2 aliphatic rings. The standard InChI is InChI=1S/C14H24N2O3/c1-3-15(4-2)10-5-7-16(8-6-10)13(17)11-9-12(11)14(18)19/h10-12H,3-9H2,1-2H3,(H,18,19)/t11-,12+/m1/s1. The highest BCUT2D eigenvalue weighted by atomic mass is 16.4. The lowest BCUT2D eigenvalue weighted by molar-refractivity contribution is -0.142. The number of hydrogen-bond donors (Lipinski definition) is 1. The average molecular weight is 268 g/mol. The highest BCUT2D eigenvalue weighted by Gasteiger charge is 2.50. The number of aliphatic carboxylic acids is 1. The number of carbonyl (C=O) groups excluding carboxylic acids is 1. The molecule has 5 heteroatoms. The van der Waals surface area contributed by atoms with Crippen LogP contribution >= 0.6 is 0 Å². The molecule has 2 rings (SSSR count). The van der Waals surface area contributed by atoms with Crippen LogP contribution in [0.5, 0.6) is 0 Å². The van der Waals surface area contributed by atoms with E-state index in [0.717, 1.165) is 39.0 Å². The summed E-state index contributed by atoms with van der Waals surface area (Å²) in [4.78, 5) is 27.3. The van der Waals surface area contributed by atoms with E-state index in [9.17, 15) is 9.59 Å². The minimum atomic E-state index is -0.823. The third kappa shape index (κ3) is 3.08. The van der Waals surface area contributed by atoms with Gasteiger partial charge in [-0.05, 0) is 32.4 Å². The number of carboxylic acid groups (broad SMARTS) is 1. The quantitative estimate of drug-likeness (QED) is 0.809. The molecule has 1 heterocycles. The number of nitrogens with zero attached hydrogens (tertiary/aromatic N) is 2. The molecule has 2 fully saturated rings. The van der Waals surface area contributed by atoms with Gasteiger partial charge in [0, 0.05) is 19.1 Å². The normalized spacial score (nSPS) is 27.6. The molecule has 1 aliphatic carbocycles. The van der Waals surface area contributed by atoms with Crippen molar-refractivity contribution in [3.8, 4) is 0 Å². The summed E-state index contributed by atoms with van der Waals surface area (Å²) in [5.74, 6) is -1.43. The second kappa shape index (κ2) is 5.90. The Labute approximate surface area is 114 Å². The predicted octanol–water partition coefficient (Wildman–Crippen LogP) is 1.04. The molecule has 0 aromatic carbocycles. The van der Waals surface area contributed by atoms with Crippen molar-refractivity contribution in [1.29, 1.82) is 0 Å². The number of amides is 1. The monoisotopic (exact) mass is 268 g/mol. The fraction of sp³-hybridized carbons (Fsp3) is 0.857. The van der Waals surface area contributed by atoms with Gasteiger partial charge in [0.05, 0.1) is 11.8 Å². The van der Waals surface area contributed by atoms with Crippen molar-refractivity contribution in [2.75, 3.05) is 26.2 Å². The SMILES string of the molecule is CCN(CC)C1CCN(C(=O)[C@@H]2C[C@@H]2C(=O)O)CC1.